The topological polar surface area (TPSA) is 74.2 Å². The molecule has 0 bridgehead atoms. The average molecular weight is 351 g/mol. The summed E-state index contributed by atoms with van der Waals surface area (Å²) in [6.07, 6.45) is -5.86. The van der Waals surface area contributed by atoms with Gasteiger partial charge in [0.05, 0.1) is 4.90 Å². The van der Waals surface area contributed by atoms with E-state index in [1.165, 1.54) is 29.5 Å². The zero-order valence-electron chi connectivity index (χ0n) is 11.2. The summed E-state index contributed by atoms with van der Waals surface area (Å²) >= 11 is 1.28. The van der Waals surface area contributed by atoms with Crippen molar-refractivity contribution < 1.29 is 22.5 Å². The lowest BCUT2D eigenvalue weighted by atomic mass is 10.2. The highest BCUT2D eigenvalue weighted by molar-refractivity contribution is 7.86. The van der Waals surface area contributed by atoms with Gasteiger partial charge in [-0.1, -0.05) is 0 Å². The fourth-order valence-corrected chi connectivity index (χ4v) is 3.15. The highest BCUT2D eigenvalue weighted by Crippen LogP contribution is 2.25. The van der Waals surface area contributed by atoms with E-state index in [1.54, 1.807) is 18.5 Å². The Hall–Kier alpha value is -1.65. The molecule has 120 valence electrons. The van der Waals surface area contributed by atoms with Crippen LogP contribution >= 0.6 is 11.3 Å². The lowest BCUT2D eigenvalue weighted by molar-refractivity contribution is -0.194. The molecule has 1 heterocycles. The fourth-order valence-electron chi connectivity index (χ4n) is 1.55. The highest BCUT2D eigenvalue weighted by atomic mass is 32.2. The number of hydrogen-bond acceptors (Lipinski definition) is 5. The lowest BCUT2D eigenvalue weighted by Gasteiger charge is -2.18. The number of aromatic nitrogens is 1. The van der Waals surface area contributed by atoms with Gasteiger partial charge in [-0.15, -0.1) is 11.3 Å². The van der Waals surface area contributed by atoms with Gasteiger partial charge in [-0.05, 0) is 30.7 Å². The second-order valence-corrected chi connectivity index (χ2v) is 6.38. The van der Waals surface area contributed by atoms with Crippen molar-refractivity contribution in [2.45, 2.75) is 24.2 Å². The molecular formula is C12H12F3N3O2S2. The Morgan fingerprint density at radius 3 is 2.68 bits per heavy atom. The molecule has 2 rings (SSSR count). The molecule has 1 aromatic carbocycles. The van der Waals surface area contributed by atoms with Gasteiger partial charge in [0.1, 0.15) is 0 Å². The Kier molecular flexibility index (Phi) is 5.04. The lowest BCUT2D eigenvalue weighted by Crippen LogP contribution is -2.35. The van der Waals surface area contributed by atoms with Crippen LogP contribution in [0.2, 0.25) is 0 Å². The van der Waals surface area contributed by atoms with Gasteiger partial charge in [-0.2, -0.15) is 13.2 Å². The van der Waals surface area contributed by atoms with Crippen molar-refractivity contribution in [2.24, 2.45) is 0 Å². The number of halogens is 3. The first-order valence-corrected chi connectivity index (χ1v) is 8.00. The standard InChI is InChI=1S/C12H12F3N3O2S2/c1-7-6-8(22(20)18-11-16-4-5-21-11)2-3-9(7)17-10(19)12(13,14)15/h2-6,10,17,19H,1H3,(H,16,18). The van der Waals surface area contributed by atoms with E-state index in [4.69, 9.17) is 5.11 Å². The first kappa shape index (κ1) is 16.7. The number of alkyl halides is 3. The maximum absolute atomic E-state index is 12.3. The normalized spacial score (nSPS) is 14.4. The summed E-state index contributed by atoms with van der Waals surface area (Å²) in [4.78, 5) is 4.32. The van der Waals surface area contributed by atoms with Crippen LogP contribution < -0.4 is 10.0 Å². The predicted octanol–water partition coefficient (Wildman–Crippen LogP) is 2.88. The van der Waals surface area contributed by atoms with Crippen molar-refractivity contribution in [3.63, 3.8) is 0 Å². The van der Waals surface area contributed by atoms with E-state index in [-0.39, 0.29) is 5.69 Å². The molecule has 0 aliphatic rings. The Bertz CT molecular complexity index is 662. The van der Waals surface area contributed by atoms with E-state index >= 15 is 0 Å². The van der Waals surface area contributed by atoms with E-state index in [9.17, 15) is 17.4 Å². The number of aliphatic hydroxyl groups excluding tert-OH is 1. The number of nitrogens with zero attached hydrogens (tertiary/aromatic N) is 1. The Morgan fingerprint density at radius 2 is 2.14 bits per heavy atom. The third kappa shape index (κ3) is 4.18. The summed E-state index contributed by atoms with van der Waals surface area (Å²) in [5.41, 5.74) is 0.537. The van der Waals surface area contributed by atoms with Gasteiger partial charge in [-0.25, -0.2) is 9.19 Å². The molecule has 0 aliphatic carbocycles. The Morgan fingerprint density at radius 1 is 1.41 bits per heavy atom. The Balaban J connectivity index is 2.10. The molecule has 5 nitrogen and oxygen atoms in total. The monoisotopic (exact) mass is 351 g/mol. The van der Waals surface area contributed by atoms with Gasteiger partial charge < -0.3 is 10.4 Å². The zero-order chi connectivity index (χ0) is 16.3. The molecule has 0 amide bonds. The van der Waals surface area contributed by atoms with Crippen LogP contribution in [0.4, 0.5) is 24.0 Å². The van der Waals surface area contributed by atoms with E-state index in [0.717, 1.165) is 0 Å². The largest absolute Gasteiger partial charge is 0.433 e. The maximum Gasteiger partial charge on any atom is 0.433 e. The minimum Gasteiger partial charge on any atom is -0.366 e. The van der Waals surface area contributed by atoms with Crippen LogP contribution in [0.25, 0.3) is 0 Å². The molecule has 0 fully saturated rings. The van der Waals surface area contributed by atoms with Crippen LogP contribution in [0.15, 0.2) is 34.7 Å². The van der Waals surface area contributed by atoms with Gasteiger partial charge in [-0.3, -0.25) is 4.72 Å². The molecule has 2 unspecified atom stereocenters. The first-order chi connectivity index (χ1) is 10.3. The molecule has 1 aromatic heterocycles. The Labute approximate surface area is 130 Å². The van der Waals surface area contributed by atoms with Crippen LogP contribution in [0.5, 0.6) is 0 Å². The molecule has 22 heavy (non-hydrogen) atoms. The number of hydrogen-bond donors (Lipinski definition) is 3. The molecule has 3 N–H and O–H groups in total. The van der Waals surface area contributed by atoms with E-state index in [0.29, 0.717) is 15.6 Å². The van der Waals surface area contributed by atoms with Crippen molar-refractivity contribution in [1.82, 2.24) is 4.98 Å². The van der Waals surface area contributed by atoms with Crippen molar-refractivity contribution in [1.29, 1.82) is 0 Å². The molecule has 2 atom stereocenters. The third-order valence-corrected chi connectivity index (χ3v) is 4.51. The molecular weight excluding hydrogens is 339 g/mol. The van der Waals surface area contributed by atoms with Crippen LogP contribution in [0.3, 0.4) is 0 Å². The number of aliphatic hydroxyl groups is 1. The number of aryl methyl sites for hydroxylation is 1. The van der Waals surface area contributed by atoms with Gasteiger partial charge in [0.2, 0.25) is 6.23 Å². The van der Waals surface area contributed by atoms with E-state index in [2.05, 4.69) is 9.71 Å². The van der Waals surface area contributed by atoms with Crippen molar-refractivity contribution in [3.8, 4) is 0 Å². The summed E-state index contributed by atoms with van der Waals surface area (Å²) < 4.78 is 51.7. The summed E-state index contributed by atoms with van der Waals surface area (Å²) in [6, 6.07) is 4.22. The molecule has 10 heteroatoms. The number of anilines is 2. The van der Waals surface area contributed by atoms with Gasteiger partial charge >= 0.3 is 6.18 Å². The van der Waals surface area contributed by atoms with Crippen molar-refractivity contribution >= 4 is 33.1 Å². The predicted molar refractivity (Wildman–Crippen MR) is 79.0 cm³/mol. The smallest absolute Gasteiger partial charge is 0.366 e. The minimum absolute atomic E-state index is 0.111. The quantitative estimate of drug-likeness (QED) is 0.724. The van der Waals surface area contributed by atoms with Crippen LogP contribution in [0.1, 0.15) is 5.56 Å². The van der Waals surface area contributed by atoms with Crippen LogP contribution in [-0.2, 0) is 11.0 Å². The molecule has 0 radical (unpaired) electrons. The summed E-state index contributed by atoms with van der Waals surface area (Å²) in [6.45, 7) is 1.55. The fraction of sp³-hybridized carbons (Fsp3) is 0.250. The van der Waals surface area contributed by atoms with E-state index in [1.807, 2.05) is 5.32 Å². The van der Waals surface area contributed by atoms with Crippen molar-refractivity contribution in [2.75, 3.05) is 10.0 Å². The van der Waals surface area contributed by atoms with Crippen molar-refractivity contribution in [3.05, 3.63) is 35.3 Å². The summed E-state index contributed by atoms with van der Waals surface area (Å²) in [7, 11) is -1.58. The molecule has 0 aliphatic heterocycles. The SMILES string of the molecule is Cc1cc(S(=O)Nc2nccs2)ccc1NC(O)C(F)(F)F. The van der Waals surface area contributed by atoms with E-state index < -0.39 is 23.4 Å². The highest BCUT2D eigenvalue weighted by Gasteiger charge is 2.38. The zero-order valence-corrected chi connectivity index (χ0v) is 12.9. The van der Waals surface area contributed by atoms with Gasteiger partial charge in [0, 0.05) is 17.3 Å². The van der Waals surface area contributed by atoms with Gasteiger partial charge in [0.25, 0.3) is 0 Å². The van der Waals surface area contributed by atoms with Gasteiger partial charge in [0.15, 0.2) is 16.1 Å². The molecule has 0 saturated heterocycles. The average Bonchev–Trinajstić information content (AvgIpc) is 2.92. The number of thiazole rings is 1. The second kappa shape index (κ2) is 6.63. The van der Waals surface area contributed by atoms with Crippen LogP contribution in [-0.4, -0.2) is 26.7 Å². The van der Waals surface area contributed by atoms with Crippen LogP contribution in [0, 0.1) is 6.92 Å². The number of nitrogens with one attached hydrogen (secondary N) is 2. The summed E-state index contributed by atoms with van der Waals surface area (Å²) in [5, 5.41) is 13.2. The third-order valence-electron chi connectivity index (χ3n) is 2.63. The number of benzene rings is 1. The second-order valence-electron chi connectivity index (χ2n) is 4.27. The number of rotatable bonds is 5. The summed E-state index contributed by atoms with van der Waals surface area (Å²) in [5.74, 6) is 0. The molecule has 0 spiro atoms. The molecule has 2 aromatic rings. The molecule has 0 saturated carbocycles. The first-order valence-electron chi connectivity index (χ1n) is 5.97. The minimum atomic E-state index is -4.76. The maximum atomic E-state index is 12.3.